The third-order valence-corrected chi connectivity index (χ3v) is 6.75. The summed E-state index contributed by atoms with van der Waals surface area (Å²) in [6, 6.07) is 7.78. The van der Waals surface area contributed by atoms with Crippen molar-refractivity contribution in [2.75, 3.05) is 24.4 Å². The number of nitrogens with zero attached hydrogens (tertiary/aromatic N) is 3. The number of sulfonamides is 1. The minimum absolute atomic E-state index is 0.353. The van der Waals surface area contributed by atoms with Gasteiger partial charge < -0.3 is 0 Å². The molecule has 1 N–H and O–H groups in total. The Balaban J connectivity index is 2.22. The second kappa shape index (κ2) is 8.75. The number of hydrogen-bond acceptors (Lipinski definition) is 7. The van der Waals surface area contributed by atoms with Gasteiger partial charge in [0.05, 0.1) is 6.26 Å². The molecule has 136 valence electrons. The maximum atomic E-state index is 12.7. The Bertz CT molecular complexity index is 808. The molecule has 10 heteroatoms. The van der Waals surface area contributed by atoms with E-state index in [1.807, 2.05) is 0 Å². The van der Waals surface area contributed by atoms with Crippen molar-refractivity contribution in [3.05, 3.63) is 35.9 Å². The molecule has 0 bridgehead atoms. The normalized spacial score (nSPS) is 13.0. The highest BCUT2D eigenvalue weighted by atomic mass is 32.2. The Kier molecular flexibility index (Phi) is 6.94. The fourth-order valence-electron chi connectivity index (χ4n) is 2.03. The van der Waals surface area contributed by atoms with E-state index in [-0.39, 0.29) is 0 Å². The van der Waals surface area contributed by atoms with E-state index in [9.17, 15) is 13.2 Å². The van der Waals surface area contributed by atoms with Gasteiger partial charge in [-0.3, -0.25) is 10.1 Å². The Labute approximate surface area is 155 Å². The van der Waals surface area contributed by atoms with Gasteiger partial charge in [0.25, 0.3) is 0 Å². The molecule has 0 aliphatic heterocycles. The molecule has 0 saturated heterocycles. The Hall–Kier alpha value is -1.49. The monoisotopic (exact) mass is 400 g/mol. The lowest BCUT2D eigenvalue weighted by Crippen LogP contribution is -2.38. The van der Waals surface area contributed by atoms with Gasteiger partial charge in [-0.25, -0.2) is 8.42 Å². The molecule has 25 heavy (non-hydrogen) atoms. The van der Waals surface area contributed by atoms with E-state index in [0.29, 0.717) is 10.7 Å². The van der Waals surface area contributed by atoms with Crippen LogP contribution in [0.15, 0.2) is 34.7 Å². The molecule has 0 aliphatic rings. The average molecular weight is 401 g/mol. The molecular weight excluding hydrogens is 380 g/mol. The van der Waals surface area contributed by atoms with Gasteiger partial charge in [-0.2, -0.15) is 4.31 Å². The number of aromatic nitrogens is 2. The summed E-state index contributed by atoms with van der Waals surface area (Å²) in [5.41, 5.74) is 0.582. The quantitative estimate of drug-likeness (QED) is 0.541. The zero-order valence-electron chi connectivity index (χ0n) is 14.2. The fraction of sp³-hybridized carbons (Fsp3) is 0.400. The number of carbonyl (C=O) groups excluding carboxylic acids is 1. The molecule has 1 heterocycles. The molecule has 0 unspecified atom stereocenters. The van der Waals surface area contributed by atoms with Crippen molar-refractivity contribution in [3.63, 3.8) is 0 Å². The van der Waals surface area contributed by atoms with Crippen LogP contribution in [0.25, 0.3) is 0 Å². The molecule has 0 fully saturated rings. The number of thioether (sulfide) groups is 1. The summed E-state index contributed by atoms with van der Waals surface area (Å²) in [6.07, 6.45) is 2.09. The molecule has 2 rings (SSSR count). The molecule has 7 nitrogen and oxygen atoms in total. The first-order valence-electron chi connectivity index (χ1n) is 7.58. The SMILES string of the molecule is CCCSc1nnc(NC(=O)[C@H](c2ccccc2)N(C)S(C)(=O)=O)s1. The number of hydrogen-bond donors (Lipinski definition) is 1. The lowest BCUT2D eigenvalue weighted by Gasteiger charge is -2.25. The van der Waals surface area contributed by atoms with Crippen molar-refractivity contribution in [2.45, 2.75) is 23.7 Å². The first kappa shape index (κ1) is 19.8. The number of benzene rings is 1. The summed E-state index contributed by atoms with van der Waals surface area (Å²) in [6.45, 7) is 2.07. The van der Waals surface area contributed by atoms with Crippen LogP contribution in [0, 0.1) is 0 Å². The Morgan fingerprint density at radius 3 is 2.60 bits per heavy atom. The number of anilines is 1. The highest BCUT2D eigenvalue weighted by Gasteiger charge is 2.31. The summed E-state index contributed by atoms with van der Waals surface area (Å²) < 4.78 is 25.7. The second-order valence-electron chi connectivity index (χ2n) is 5.30. The third kappa shape index (κ3) is 5.50. The van der Waals surface area contributed by atoms with Crippen LogP contribution in [0.3, 0.4) is 0 Å². The molecule has 0 aliphatic carbocycles. The molecule has 0 radical (unpaired) electrons. The van der Waals surface area contributed by atoms with Gasteiger partial charge in [-0.05, 0) is 12.0 Å². The maximum Gasteiger partial charge on any atom is 0.249 e. The first-order valence-corrected chi connectivity index (χ1v) is 11.2. The van der Waals surface area contributed by atoms with Crippen molar-refractivity contribution in [1.82, 2.24) is 14.5 Å². The summed E-state index contributed by atoms with van der Waals surface area (Å²) in [7, 11) is -2.17. The van der Waals surface area contributed by atoms with Gasteiger partial charge in [-0.15, -0.1) is 10.2 Å². The number of amides is 1. The van der Waals surface area contributed by atoms with Crippen LogP contribution in [0.5, 0.6) is 0 Å². The molecule has 1 aromatic carbocycles. The van der Waals surface area contributed by atoms with Crippen LogP contribution in [-0.4, -0.2) is 47.9 Å². The van der Waals surface area contributed by atoms with Gasteiger partial charge in [0, 0.05) is 12.8 Å². The maximum absolute atomic E-state index is 12.7. The van der Waals surface area contributed by atoms with E-state index in [2.05, 4.69) is 22.4 Å². The molecule has 2 aromatic rings. The van der Waals surface area contributed by atoms with Crippen molar-refractivity contribution < 1.29 is 13.2 Å². The standard InChI is InChI=1S/C15H20N4O3S3/c1-4-10-23-15-18-17-14(24-15)16-13(20)12(19(2)25(3,21)22)11-8-6-5-7-9-11/h5-9,12H,4,10H2,1-3H3,(H,16,17,20)/t12-/m0/s1. The van der Waals surface area contributed by atoms with E-state index in [0.717, 1.165) is 27.1 Å². The predicted octanol–water partition coefficient (Wildman–Crippen LogP) is 2.61. The largest absolute Gasteiger partial charge is 0.299 e. The molecule has 0 saturated carbocycles. The lowest BCUT2D eigenvalue weighted by molar-refractivity contribution is -0.119. The number of carbonyl (C=O) groups is 1. The van der Waals surface area contributed by atoms with Gasteiger partial charge in [0.15, 0.2) is 4.34 Å². The Morgan fingerprint density at radius 2 is 2.00 bits per heavy atom. The van der Waals surface area contributed by atoms with E-state index in [1.54, 1.807) is 42.1 Å². The topological polar surface area (TPSA) is 92.3 Å². The molecule has 1 amide bonds. The molecule has 1 atom stereocenters. The summed E-state index contributed by atoms with van der Waals surface area (Å²) in [5.74, 6) is 0.453. The summed E-state index contributed by atoms with van der Waals surface area (Å²) in [5, 5.41) is 11.0. The van der Waals surface area contributed by atoms with Crippen molar-refractivity contribution in [1.29, 1.82) is 0 Å². The van der Waals surface area contributed by atoms with Crippen LogP contribution in [0.4, 0.5) is 5.13 Å². The summed E-state index contributed by atoms with van der Waals surface area (Å²) in [4.78, 5) is 12.7. The van der Waals surface area contributed by atoms with Gasteiger partial charge in [-0.1, -0.05) is 60.4 Å². The van der Waals surface area contributed by atoms with Gasteiger partial charge in [0.2, 0.25) is 21.1 Å². The molecular formula is C15H20N4O3S3. The molecule has 1 aromatic heterocycles. The number of likely N-dealkylation sites (N-methyl/N-ethyl adjacent to an activating group) is 1. The van der Waals surface area contributed by atoms with Crippen molar-refractivity contribution >= 4 is 44.2 Å². The number of rotatable bonds is 8. The third-order valence-electron chi connectivity index (χ3n) is 3.32. The second-order valence-corrected chi connectivity index (χ2v) is 9.66. The highest BCUT2D eigenvalue weighted by Crippen LogP contribution is 2.28. The average Bonchev–Trinajstić information content (AvgIpc) is 3.00. The zero-order chi connectivity index (χ0) is 18.4. The van der Waals surface area contributed by atoms with Crippen LogP contribution in [0.2, 0.25) is 0 Å². The van der Waals surface area contributed by atoms with E-state index < -0.39 is 22.0 Å². The highest BCUT2D eigenvalue weighted by molar-refractivity contribution is 8.01. The van der Waals surface area contributed by atoms with E-state index in [4.69, 9.17) is 0 Å². The first-order chi connectivity index (χ1) is 11.8. The van der Waals surface area contributed by atoms with E-state index >= 15 is 0 Å². The lowest BCUT2D eigenvalue weighted by atomic mass is 10.1. The minimum atomic E-state index is -3.56. The van der Waals surface area contributed by atoms with Crippen LogP contribution in [0.1, 0.15) is 24.9 Å². The number of nitrogens with one attached hydrogen (secondary N) is 1. The minimum Gasteiger partial charge on any atom is -0.299 e. The molecule has 0 spiro atoms. The summed E-state index contributed by atoms with van der Waals surface area (Å²) >= 11 is 2.84. The van der Waals surface area contributed by atoms with Crippen LogP contribution in [-0.2, 0) is 14.8 Å². The Morgan fingerprint density at radius 1 is 1.32 bits per heavy atom. The predicted molar refractivity (Wildman–Crippen MR) is 101 cm³/mol. The van der Waals surface area contributed by atoms with Crippen molar-refractivity contribution in [2.24, 2.45) is 0 Å². The van der Waals surface area contributed by atoms with E-state index in [1.165, 1.54) is 18.4 Å². The van der Waals surface area contributed by atoms with Crippen molar-refractivity contribution in [3.8, 4) is 0 Å². The van der Waals surface area contributed by atoms with Gasteiger partial charge in [0.1, 0.15) is 6.04 Å². The zero-order valence-corrected chi connectivity index (χ0v) is 16.6. The van der Waals surface area contributed by atoms with Crippen LogP contribution >= 0.6 is 23.1 Å². The smallest absolute Gasteiger partial charge is 0.249 e. The fourth-order valence-corrected chi connectivity index (χ4v) is 4.32. The van der Waals surface area contributed by atoms with Gasteiger partial charge >= 0.3 is 0 Å². The van der Waals surface area contributed by atoms with Crippen LogP contribution < -0.4 is 5.32 Å².